The van der Waals surface area contributed by atoms with Gasteiger partial charge in [0.25, 0.3) is 0 Å². The molecule has 1 rings (SSSR count). The van der Waals surface area contributed by atoms with Gasteiger partial charge in [0.2, 0.25) is 0 Å². The van der Waals surface area contributed by atoms with E-state index in [2.05, 4.69) is 0 Å². The SMILES string of the molecule is N[CH]=[Pt].OC(O)C1(C(O)O)CC1.[NH2-]. The van der Waals surface area contributed by atoms with Crippen LogP contribution in [0.5, 0.6) is 0 Å². The van der Waals surface area contributed by atoms with Gasteiger partial charge in [0.1, 0.15) is 0 Å². The van der Waals surface area contributed by atoms with Gasteiger partial charge in [-0.3, -0.25) is 0 Å². The molecule has 0 atom stereocenters. The minimum absolute atomic E-state index is 0. The Kier molecular flexibility index (Phi) is 8.16. The van der Waals surface area contributed by atoms with Crippen molar-refractivity contribution in [1.82, 2.24) is 0 Å². The molecule has 0 aliphatic heterocycles. The molecule has 8 N–H and O–H groups in total. The maximum Gasteiger partial charge on any atom is 0.161 e. The van der Waals surface area contributed by atoms with Gasteiger partial charge in [0.15, 0.2) is 12.6 Å². The standard InChI is InChI=1S/C5H10O4.CH3N.H2N.Pt/c6-3(7)5(1-2-5)4(8)9;1-2;;/h3-4,6-9H,1-2H2;1H,2H2;1H2;/q;;-1;. The van der Waals surface area contributed by atoms with Crippen molar-refractivity contribution in [1.29, 1.82) is 0 Å². The molecule has 6 nitrogen and oxygen atoms in total. The van der Waals surface area contributed by atoms with Crippen molar-refractivity contribution in [2.75, 3.05) is 0 Å². The molecule has 84 valence electrons. The minimum atomic E-state index is -1.60. The van der Waals surface area contributed by atoms with E-state index in [0.717, 1.165) is 0 Å². The summed E-state index contributed by atoms with van der Waals surface area (Å²) in [7, 11) is 0. The monoisotopic (exact) mass is 374 g/mol. The predicted octanol–water partition coefficient (Wildman–Crippen LogP) is -1.64. The summed E-state index contributed by atoms with van der Waals surface area (Å²) in [4.78, 5) is 0. The van der Waals surface area contributed by atoms with Crippen LogP contribution >= 0.6 is 0 Å². The van der Waals surface area contributed by atoms with Crippen molar-refractivity contribution in [3.63, 3.8) is 0 Å². The molecule has 7 heteroatoms. The Balaban J connectivity index is 0. The van der Waals surface area contributed by atoms with Crippen LogP contribution in [0.2, 0.25) is 0 Å². The van der Waals surface area contributed by atoms with Crippen LogP contribution in [0.1, 0.15) is 12.8 Å². The molecule has 0 spiro atoms. The van der Waals surface area contributed by atoms with Gasteiger partial charge in [-0.05, 0) is 12.8 Å². The van der Waals surface area contributed by atoms with E-state index < -0.39 is 18.0 Å². The van der Waals surface area contributed by atoms with E-state index in [-0.39, 0.29) is 6.15 Å². The number of aliphatic hydroxyl groups is 4. The predicted molar refractivity (Wildman–Crippen MR) is 43.7 cm³/mol. The van der Waals surface area contributed by atoms with E-state index in [1.807, 2.05) is 19.4 Å². The second-order valence-electron chi connectivity index (χ2n) is 2.59. The Labute approximate surface area is 87.4 Å². The first-order valence-electron chi connectivity index (χ1n) is 3.33. The molecule has 0 amide bonds. The smallest absolute Gasteiger partial charge is 0.161 e. The van der Waals surface area contributed by atoms with Gasteiger partial charge >= 0.3 is 29.6 Å². The van der Waals surface area contributed by atoms with Crippen LogP contribution in [0.4, 0.5) is 0 Å². The molecular weight excluding hydrogens is 359 g/mol. The molecule has 1 aliphatic carbocycles. The first-order chi connectivity index (χ1) is 5.51. The molecule has 0 aromatic rings. The summed E-state index contributed by atoms with van der Waals surface area (Å²) in [6.07, 6.45) is -2.25. The zero-order valence-electron chi connectivity index (χ0n) is 6.91. The van der Waals surface area contributed by atoms with Gasteiger partial charge in [-0.25, -0.2) is 0 Å². The normalized spacial score (nSPS) is 17.3. The van der Waals surface area contributed by atoms with Crippen LogP contribution in [0, 0.1) is 5.41 Å². The molecule has 0 heterocycles. The summed E-state index contributed by atoms with van der Waals surface area (Å²) in [5.74, 6) is 0. The fourth-order valence-electron chi connectivity index (χ4n) is 0.794. The molecule has 1 saturated carbocycles. The second-order valence-corrected chi connectivity index (χ2v) is 3.34. The molecule has 13 heavy (non-hydrogen) atoms. The Morgan fingerprint density at radius 3 is 1.38 bits per heavy atom. The Bertz CT molecular complexity index is 140. The zero-order chi connectivity index (χ0) is 9.78. The largest absolute Gasteiger partial charge is 0.693 e. The van der Waals surface area contributed by atoms with Crippen molar-refractivity contribution in [2.24, 2.45) is 11.1 Å². The molecule has 0 aromatic carbocycles. The number of rotatable bonds is 2. The third kappa shape index (κ3) is 4.37. The first-order valence-corrected chi connectivity index (χ1v) is 4.65. The summed E-state index contributed by atoms with van der Waals surface area (Å²) in [6.45, 7) is 0. The van der Waals surface area contributed by atoms with Crippen LogP contribution in [0.25, 0.3) is 6.15 Å². The number of aliphatic hydroxyl groups excluding tert-OH is 2. The molecule has 0 aromatic heterocycles. The van der Waals surface area contributed by atoms with Crippen LogP contribution in [-0.2, 0) is 19.4 Å². The third-order valence-electron chi connectivity index (χ3n) is 1.86. The van der Waals surface area contributed by atoms with E-state index in [1.165, 1.54) is 4.52 Å². The van der Waals surface area contributed by atoms with Crippen LogP contribution < -0.4 is 5.73 Å². The topological polar surface area (TPSA) is 140 Å². The van der Waals surface area contributed by atoms with E-state index in [0.29, 0.717) is 12.8 Å². The number of hydrogen-bond acceptors (Lipinski definition) is 5. The maximum atomic E-state index is 8.55. The average molecular weight is 374 g/mol. The molecule has 0 bridgehead atoms. The van der Waals surface area contributed by atoms with Gasteiger partial charge in [-0.15, -0.1) is 0 Å². The summed E-state index contributed by atoms with van der Waals surface area (Å²) in [5.41, 5.74) is 3.68. The van der Waals surface area contributed by atoms with Gasteiger partial charge in [0, 0.05) is 0 Å². The maximum absolute atomic E-state index is 8.55. The van der Waals surface area contributed by atoms with E-state index in [9.17, 15) is 0 Å². The van der Waals surface area contributed by atoms with Crippen molar-refractivity contribution in [3.05, 3.63) is 6.15 Å². The average Bonchev–Trinajstić information content (AvgIpc) is 2.66. The Hall–Kier alpha value is 0.318. The molecule has 0 radical (unpaired) electrons. The summed E-state index contributed by atoms with van der Waals surface area (Å²) < 4.78 is 1.47. The number of hydrogen-bond donors (Lipinski definition) is 5. The molecule has 0 unspecified atom stereocenters. The fraction of sp³-hybridized carbons (Fsp3) is 0.833. The Morgan fingerprint density at radius 2 is 1.38 bits per heavy atom. The fourth-order valence-corrected chi connectivity index (χ4v) is 0.794. The second kappa shape index (κ2) is 6.73. The van der Waals surface area contributed by atoms with Gasteiger partial charge < -0.3 is 26.6 Å². The van der Waals surface area contributed by atoms with Crippen LogP contribution in [0.15, 0.2) is 0 Å². The molecule has 1 fully saturated rings. The van der Waals surface area contributed by atoms with Crippen molar-refractivity contribution in [3.8, 4) is 0 Å². The molecule has 0 saturated heterocycles. The van der Waals surface area contributed by atoms with Gasteiger partial charge in [0.05, 0.1) is 5.41 Å². The Morgan fingerprint density at radius 1 is 1.15 bits per heavy atom. The van der Waals surface area contributed by atoms with Crippen molar-refractivity contribution < 1.29 is 39.8 Å². The summed E-state index contributed by atoms with van der Waals surface area (Å²) >= 11 is 1.93. The molecule has 1 aliphatic rings. The van der Waals surface area contributed by atoms with Crippen molar-refractivity contribution in [2.45, 2.75) is 25.4 Å². The third-order valence-corrected chi connectivity index (χ3v) is 1.86. The quantitative estimate of drug-likeness (QED) is 0.369. The summed E-state index contributed by atoms with van der Waals surface area (Å²) in [5, 5.41) is 34.2. The van der Waals surface area contributed by atoms with Gasteiger partial charge in [-0.1, -0.05) is 0 Å². The molecular formula is C6H15N2O4Pt-. The van der Waals surface area contributed by atoms with E-state index in [1.54, 1.807) is 0 Å². The van der Waals surface area contributed by atoms with E-state index >= 15 is 0 Å². The number of nitrogens with two attached hydrogens (primary N) is 2. The first kappa shape index (κ1) is 15.8. The zero-order valence-corrected chi connectivity index (χ0v) is 9.18. The van der Waals surface area contributed by atoms with Crippen molar-refractivity contribution >= 4 is 4.52 Å². The van der Waals surface area contributed by atoms with Gasteiger partial charge in [-0.2, -0.15) is 0 Å². The van der Waals surface area contributed by atoms with Crippen LogP contribution in [-0.4, -0.2) is 37.5 Å². The summed E-state index contributed by atoms with van der Waals surface area (Å²) in [6, 6.07) is 0. The minimum Gasteiger partial charge on any atom is -0.693 e. The van der Waals surface area contributed by atoms with Crippen LogP contribution in [0.3, 0.4) is 0 Å². The van der Waals surface area contributed by atoms with E-state index in [4.69, 9.17) is 26.2 Å².